The molecule has 0 aromatic heterocycles. The molecule has 0 atom stereocenters. The lowest BCUT2D eigenvalue weighted by Crippen LogP contribution is -2.25. The van der Waals surface area contributed by atoms with Gasteiger partial charge in [-0.25, -0.2) is 4.39 Å². The number of carbonyl (C=O) groups excluding carboxylic acids is 1. The number of benzene rings is 2. The number of halogens is 1. The van der Waals surface area contributed by atoms with Gasteiger partial charge in [-0.3, -0.25) is 4.79 Å². The van der Waals surface area contributed by atoms with Crippen LogP contribution in [0.15, 0.2) is 48.5 Å². The minimum absolute atomic E-state index is 0.241. The zero-order valence-electron chi connectivity index (χ0n) is 10.8. The molecule has 0 saturated heterocycles. The Labute approximate surface area is 112 Å². The average Bonchev–Trinajstić information content (AvgIpc) is 2.43. The van der Waals surface area contributed by atoms with E-state index in [0.717, 1.165) is 12.0 Å². The Balaban J connectivity index is 1.89. The van der Waals surface area contributed by atoms with Crippen molar-refractivity contribution in [2.75, 3.05) is 6.54 Å². The van der Waals surface area contributed by atoms with Crippen LogP contribution >= 0.6 is 0 Å². The molecule has 98 valence electrons. The molecule has 0 fully saturated rings. The van der Waals surface area contributed by atoms with E-state index in [1.807, 2.05) is 30.3 Å². The van der Waals surface area contributed by atoms with Gasteiger partial charge in [-0.05, 0) is 36.6 Å². The lowest BCUT2D eigenvalue weighted by molar-refractivity contribution is 0.0953. The Morgan fingerprint density at radius 1 is 1.16 bits per heavy atom. The lowest BCUT2D eigenvalue weighted by atomic mass is 10.1. The van der Waals surface area contributed by atoms with Crippen LogP contribution in [-0.4, -0.2) is 12.5 Å². The smallest absolute Gasteiger partial charge is 0.251 e. The van der Waals surface area contributed by atoms with Gasteiger partial charge >= 0.3 is 0 Å². The van der Waals surface area contributed by atoms with Crippen LogP contribution in [0.2, 0.25) is 0 Å². The maximum atomic E-state index is 13.3. The third-order valence-corrected chi connectivity index (χ3v) is 2.98. The first-order chi connectivity index (χ1) is 9.16. The summed E-state index contributed by atoms with van der Waals surface area (Å²) in [7, 11) is 0. The first-order valence-electron chi connectivity index (χ1n) is 6.25. The van der Waals surface area contributed by atoms with Crippen LogP contribution in [0, 0.1) is 12.7 Å². The molecule has 1 amide bonds. The number of carbonyl (C=O) groups is 1. The van der Waals surface area contributed by atoms with Crippen molar-refractivity contribution in [1.82, 2.24) is 5.32 Å². The number of rotatable bonds is 4. The standard InChI is InChI=1S/C16H16FNO/c1-12-7-8-14(11-15(12)17)16(19)18-10-9-13-5-3-2-4-6-13/h2-8,11H,9-10H2,1H3,(H,18,19). The Bertz CT molecular complexity index is 566. The van der Waals surface area contributed by atoms with Crippen molar-refractivity contribution in [1.29, 1.82) is 0 Å². The van der Waals surface area contributed by atoms with Crippen LogP contribution in [0.25, 0.3) is 0 Å². The highest BCUT2D eigenvalue weighted by molar-refractivity contribution is 5.94. The van der Waals surface area contributed by atoms with E-state index in [0.29, 0.717) is 17.7 Å². The minimum atomic E-state index is -0.351. The maximum Gasteiger partial charge on any atom is 0.251 e. The van der Waals surface area contributed by atoms with Crippen molar-refractivity contribution >= 4 is 5.91 Å². The Hall–Kier alpha value is -2.16. The monoisotopic (exact) mass is 257 g/mol. The zero-order chi connectivity index (χ0) is 13.7. The molecular formula is C16H16FNO. The molecule has 2 aromatic rings. The summed E-state index contributed by atoms with van der Waals surface area (Å²) >= 11 is 0. The molecule has 2 aromatic carbocycles. The SMILES string of the molecule is Cc1ccc(C(=O)NCCc2ccccc2)cc1F. The van der Waals surface area contributed by atoms with Gasteiger partial charge in [0.15, 0.2) is 0 Å². The van der Waals surface area contributed by atoms with Crippen molar-refractivity contribution in [3.05, 3.63) is 71.0 Å². The molecule has 1 N–H and O–H groups in total. The summed E-state index contributed by atoms with van der Waals surface area (Å²) in [5.41, 5.74) is 2.06. The van der Waals surface area contributed by atoms with Crippen LogP contribution in [0.5, 0.6) is 0 Å². The summed E-state index contributed by atoms with van der Waals surface area (Å²) < 4.78 is 13.3. The Morgan fingerprint density at radius 2 is 1.89 bits per heavy atom. The third-order valence-electron chi connectivity index (χ3n) is 2.98. The van der Waals surface area contributed by atoms with Gasteiger partial charge in [-0.2, -0.15) is 0 Å². The van der Waals surface area contributed by atoms with Crippen LogP contribution in [0.1, 0.15) is 21.5 Å². The summed E-state index contributed by atoms with van der Waals surface area (Å²) in [5.74, 6) is -0.592. The van der Waals surface area contributed by atoms with Gasteiger partial charge in [0.25, 0.3) is 5.91 Å². The quantitative estimate of drug-likeness (QED) is 0.896. The van der Waals surface area contributed by atoms with E-state index in [4.69, 9.17) is 0 Å². The lowest BCUT2D eigenvalue weighted by Gasteiger charge is -2.06. The van der Waals surface area contributed by atoms with Gasteiger partial charge in [0.2, 0.25) is 0 Å². The maximum absolute atomic E-state index is 13.3. The van der Waals surface area contributed by atoms with E-state index in [1.165, 1.54) is 6.07 Å². The molecule has 0 radical (unpaired) electrons. The molecule has 3 heteroatoms. The summed E-state index contributed by atoms with van der Waals surface area (Å²) in [5, 5.41) is 2.79. The molecule has 0 aliphatic carbocycles. The fourth-order valence-corrected chi connectivity index (χ4v) is 1.80. The van der Waals surface area contributed by atoms with Gasteiger partial charge < -0.3 is 5.32 Å². The van der Waals surface area contributed by atoms with Crippen molar-refractivity contribution in [3.63, 3.8) is 0 Å². The van der Waals surface area contributed by atoms with Crippen molar-refractivity contribution < 1.29 is 9.18 Å². The van der Waals surface area contributed by atoms with Gasteiger partial charge in [0, 0.05) is 12.1 Å². The first-order valence-corrected chi connectivity index (χ1v) is 6.25. The summed E-state index contributed by atoms with van der Waals surface area (Å²) in [4.78, 5) is 11.8. The van der Waals surface area contributed by atoms with Crippen LogP contribution in [0.3, 0.4) is 0 Å². The largest absolute Gasteiger partial charge is 0.352 e. The normalized spacial score (nSPS) is 10.2. The van der Waals surface area contributed by atoms with E-state index in [2.05, 4.69) is 5.32 Å². The molecule has 0 spiro atoms. The fourth-order valence-electron chi connectivity index (χ4n) is 1.80. The molecule has 2 rings (SSSR count). The number of amides is 1. The Kier molecular flexibility index (Phi) is 4.29. The number of hydrogen-bond donors (Lipinski definition) is 1. The molecule has 0 aliphatic rings. The van der Waals surface area contributed by atoms with Crippen molar-refractivity contribution in [2.24, 2.45) is 0 Å². The third kappa shape index (κ3) is 3.65. The van der Waals surface area contributed by atoms with Gasteiger partial charge in [0.1, 0.15) is 5.82 Å². The van der Waals surface area contributed by atoms with Gasteiger partial charge in [-0.1, -0.05) is 36.4 Å². The van der Waals surface area contributed by atoms with E-state index in [9.17, 15) is 9.18 Å². The van der Waals surface area contributed by atoms with Crippen LogP contribution in [0.4, 0.5) is 4.39 Å². The second-order valence-electron chi connectivity index (χ2n) is 4.46. The van der Waals surface area contributed by atoms with E-state index >= 15 is 0 Å². The highest BCUT2D eigenvalue weighted by Crippen LogP contribution is 2.09. The second-order valence-corrected chi connectivity index (χ2v) is 4.46. The van der Waals surface area contributed by atoms with Gasteiger partial charge in [0.05, 0.1) is 0 Å². The molecule has 19 heavy (non-hydrogen) atoms. The molecule has 0 aliphatic heterocycles. The highest BCUT2D eigenvalue weighted by Gasteiger charge is 2.07. The number of hydrogen-bond acceptors (Lipinski definition) is 1. The predicted octanol–water partition coefficient (Wildman–Crippen LogP) is 3.11. The van der Waals surface area contributed by atoms with Crippen molar-refractivity contribution in [3.8, 4) is 0 Å². The molecule has 0 heterocycles. The minimum Gasteiger partial charge on any atom is -0.352 e. The summed E-state index contributed by atoms with van der Waals surface area (Å²) in [6, 6.07) is 14.4. The molecule has 2 nitrogen and oxygen atoms in total. The van der Waals surface area contributed by atoms with Crippen molar-refractivity contribution in [2.45, 2.75) is 13.3 Å². The topological polar surface area (TPSA) is 29.1 Å². The fraction of sp³-hybridized carbons (Fsp3) is 0.188. The molecular weight excluding hydrogens is 241 g/mol. The average molecular weight is 257 g/mol. The first kappa shape index (κ1) is 13.3. The number of nitrogens with one attached hydrogen (secondary N) is 1. The highest BCUT2D eigenvalue weighted by atomic mass is 19.1. The van der Waals surface area contributed by atoms with Gasteiger partial charge in [-0.15, -0.1) is 0 Å². The number of aryl methyl sites for hydroxylation is 1. The van der Waals surface area contributed by atoms with E-state index in [1.54, 1.807) is 19.1 Å². The summed E-state index contributed by atoms with van der Waals surface area (Å²) in [6.45, 7) is 2.21. The second kappa shape index (κ2) is 6.14. The molecule has 0 unspecified atom stereocenters. The summed E-state index contributed by atoms with van der Waals surface area (Å²) in [6.07, 6.45) is 0.765. The van der Waals surface area contributed by atoms with E-state index < -0.39 is 0 Å². The molecule has 0 saturated carbocycles. The van der Waals surface area contributed by atoms with Crippen LogP contribution < -0.4 is 5.32 Å². The Morgan fingerprint density at radius 3 is 2.58 bits per heavy atom. The zero-order valence-corrected chi connectivity index (χ0v) is 10.8. The predicted molar refractivity (Wildman–Crippen MR) is 73.6 cm³/mol. The van der Waals surface area contributed by atoms with Crippen LogP contribution in [-0.2, 0) is 6.42 Å². The van der Waals surface area contributed by atoms with E-state index in [-0.39, 0.29) is 11.7 Å². The molecule has 0 bridgehead atoms.